The maximum Gasteiger partial charge on any atom is 0.177 e. The molecular weight excluding hydrogens is 316 g/mol. The first kappa shape index (κ1) is 15.2. The predicted octanol–water partition coefficient (Wildman–Crippen LogP) is 3.28. The highest BCUT2D eigenvalue weighted by Crippen LogP contribution is 2.30. The van der Waals surface area contributed by atoms with Crippen LogP contribution in [0.5, 0.6) is 0 Å². The van der Waals surface area contributed by atoms with Crippen molar-refractivity contribution < 1.29 is 4.74 Å². The SMILES string of the molecule is COCCc1nsc(Sc2ncc(-c3ccccc3)n2C)n1. The third-order valence-electron chi connectivity index (χ3n) is 3.17. The van der Waals surface area contributed by atoms with E-state index in [4.69, 9.17) is 4.74 Å². The Balaban J connectivity index is 1.76. The van der Waals surface area contributed by atoms with Crippen molar-refractivity contribution in [3.05, 3.63) is 42.4 Å². The molecule has 7 heteroatoms. The standard InChI is InChI=1S/C15H16N4OS2/c1-19-12(11-6-4-3-5-7-11)10-16-14(19)21-15-17-13(18-22-15)8-9-20-2/h3-7,10H,8-9H2,1-2H3. The van der Waals surface area contributed by atoms with E-state index in [-0.39, 0.29) is 0 Å². The van der Waals surface area contributed by atoms with Crippen molar-refractivity contribution in [2.75, 3.05) is 13.7 Å². The van der Waals surface area contributed by atoms with Gasteiger partial charge in [0.15, 0.2) is 9.50 Å². The van der Waals surface area contributed by atoms with Crippen molar-refractivity contribution in [2.24, 2.45) is 7.05 Å². The monoisotopic (exact) mass is 332 g/mol. The predicted molar refractivity (Wildman–Crippen MR) is 88.3 cm³/mol. The van der Waals surface area contributed by atoms with Crippen LogP contribution >= 0.6 is 23.3 Å². The summed E-state index contributed by atoms with van der Waals surface area (Å²) in [4.78, 5) is 9.00. The fraction of sp³-hybridized carbons (Fsp3) is 0.267. The number of hydrogen-bond donors (Lipinski definition) is 0. The molecule has 0 saturated heterocycles. The van der Waals surface area contributed by atoms with E-state index in [1.165, 1.54) is 23.3 Å². The van der Waals surface area contributed by atoms with Crippen LogP contribution in [0, 0.1) is 0 Å². The topological polar surface area (TPSA) is 52.8 Å². The lowest BCUT2D eigenvalue weighted by Crippen LogP contribution is -1.96. The molecule has 0 fully saturated rings. The molecule has 0 unspecified atom stereocenters. The summed E-state index contributed by atoms with van der Waals surface area (Å²) in [6, 6.07) is 10.2. The van der Waals surface area contributed by atoms with Gasteiger partial charge in [0, 0.05) is 20.6 Å². The van der Waals surface area contributed by atoms with Gasteiger partial charge in [-0.05, 0) is 28.9 Å². The molecule has 22 heavy (non-hydrogen) atoms. The van der Waals surface area contributed by atoms with Crippen LogP contribution in [0.4, 0.5) is 0 Å². The molecule has 2 heterocycles. The third-order valence-corrected chi connectivity index (χ3v) is 5.02. The molecule has 3 rings (SSSR count). The van der Waals surface area contributed by atoms with E-state index in [0.717, 1.165) is 33.0 Å². The minimum atomic E-state index is 0.640. The molecule has 0 N–H and O–H groups in total. The Morgan fingerprint density at radius 2 is 2.09 bits per heavy atom. The smallest absolute Gasteiger partial charge is 0.177 e. The zero-order valence-corrected chi connectivity index (χ0v) is 14.0. The van der Waals surface area contributed by atoms with Crippen LogP contribution in [-0.4, -0.2) is 32.6 Å². The number of imidazole rings is 1. The molecule has 0 saturated carbocycles. The summed E-state index contributed by atoms with van der Waals surface area (Å²) in [6.07, 6.45) is 2.63. The lowest BCUT2D eigenvalue weighted by molar-refractivity contribution is 0.200. The van der Waals surface area contributed by atoms with Gasteiger partial charge in [0.2, 0.25) is 0 Å². The summed E-state index contributed by atoms with van der Waals surface area (Å²) in [7, 11) is 3.70. The molecule has 3 aromatic rings. The summed E-state index contributed by atoms with van der Waals surface area (Å²) in [5, 5.41) is 0.910. The fourth-order valence-corrected chi connectivity index (χ4v) is 3.61. The Kier molecular flexibility index (Phi) is 4.87. The molecule has 0 aliphatic rings. The molecule has 0 aliphatic carbocycles. The highest BCUT2D eigenvalue weighted by Gasteiger charge is 2.12. The number of nitrogens with zero attached hydrogens (tertiary/aromatic N) is 4. The highest BCUT2D eigenvalue weighted by molar-refractivity contribution is 8.00. The number of aromatic nitrogens is 4. The maximum atomic E-state index is 5.05. The van der Waals surface area contributed by atoms with E-state index in [1.807, 2.05) is 31.4 Å². The first-order chi connectivity index (χ1) is 10.8. The number of hydrogen-bond acceptors (Lipinski definition) is 6. The van der Waals surface area contributed by atoms with E-state index in [2.05, 4.69) is 31.0 Å². The van der Waals surface area contributed by atoms with Crippen LogP contribution < -0.4 is 0 Å². The second kappa shape index (κ2) is 7.04. The minimum Gasteiger partial charge on any atom is -0.384 e. The van der Waals surface area contributed by atoms with E-state index < -0.39 is 0 Å². The molecule has 5 nitrogen and oxygen atoms in total. The molecule has 0 atom stereocenters. The highest BCUT2D eigenvalue weighted by atomic mass is 32.2. The lowest BCUT2D eigenvalue weighted by atomic mass is 10.2. The van der Waals surface area contributed by atoms with Crippen molar-refractivity contribution >= 4 is 23.3 Å². The van der Waals surface area contributed by atoms with Gasteiger partial charge in [0.05, 0.1) is 18.5 Å². The second-order valence-electron chi connectivity index (χ2n) is 4.67. The Morgan fingerprint density at radius 3 is 2.86 bits per heavy atom. The maximum absolute atomic E-state index is 5.05. The van der Waals surface area contributed by atoms with Crippen molar-refractivity contribution in [1.82, 2.24) is 18.9 Å². The zero-order valence-electron chi connectivity index (χ0n) is 12.4. The van der Waals surface area contributed by atoms with E-state index in [9.17, 15) is 0 Å². The van der Waals surface area contributed by atoms with Crippen LogP contribution in [0.1, 0.15) is 5.82 Å². The van der Waals surface area contributed by atoms with Gasteiger partial charge < -0.3 is 9.30 Å². The first-order valence-electron chi connectivity index (χ1n) is 6.84. The van der Waals surface area contributed by atoms with Crippen molar-refractivity contribution in [2.45, 2.75) is 15.9 Å². The first-order valence-corrected chi connectivity index (χ1v) is 8.43. The van der Waals surface area contributed by atoms with Gasteiger partial charge in [-0.2, -0.15) is 4.37 Å². The van der Waals surface area contributed by atoms with Crippen LogP contribution in [0.2, 0.25) is 0 Å². The number of benzene rings is 1. The van der Waals surface area contributed by atoms with Gasteiger partial charge in [0.25, 0.3) is 0 Å². The zero-order chi connectivity index (χ0) is 15.4. The third kappa shape index (κ3) is 3.37. The van der Waals surface area contributed by atoms with Gasteiger partial charge in [-0.1, -0.05) is 30.3 Å². The van der Waals surface area contributed by atoms with E-state index in [0.29, 0.717) is 6.61 Å². The molecule has 114 valence electrons. The number of ether oxygens (including phenoxy) is 1. The molecule has 0 amide bonds. The summed E-state index contributed by atoms with van der Waals surface area (Å²) in [6.45, 7) is 0.640. The largest absolute Gasteiger partial charge is 0.384 e. The second-order valence-corrected chi connectivity index (χ2v) is 6.64. The minimum absolute atomic E-state index is 0.640. The molecule has 1 aromatic carbocycles. The van der Waals surface area contributed by atoms with Gasteiger partial charge in [-0.15, -0.1) is 0 Å². The van der Waals surface area contributed by atoms with Gasteiger partial charge in [-0.3, -0.25) is 0 Å². The van der Waals surface area contributed by atoms with Gasteiger partial charge >= 0.3 is 0 Å². The Labute approximate surface area is 137 Å². The summed E-state index contributed by atoms with van der Waals surface area (Å²) < 4.78 is 12.4. The summed E-state index contributed by atoms with van der Waals surface area (Å²) >= 11 is 2.94. The summed E-state index contributed by atoms with van der Waals surface area (Å²) in [5.41, 5.74) is 2.25. The van der Waals surface area contributed by atoms with Crippen LogP contribution in [0.25, 0.3) is 11.3 Å². The molecule has 0 radical (unpaired) electrons. The van der Waals surface area contributed by atoms with Crippen molar-refractivity contribution in [1.29, 1.82) is 0 Å². The average Bonchev–Trinajstić information content (AvgIpc) is 3.14. The quantitative estimate of drug-likeness (QED) is 0.693. The molecule has 0 spiro atoms. The van der Waals surface area contributed by atoms with Crippen LogP contribution in [-0.2, 0) is 18.2 Å². The number of rotatable bonds is 6. The normalized spacial score (nSPS) is 11.0. The van der Waals surface area contributed by atoms with Gasteiger partial charge in [-0.25, -0.2) is 9.97 Å². The van der Waals surface area contributed by atoms with E-state index in [1.54, 1.807) is 7.11 Å². The van der Waals surface area contributed by atoms with Crippen molar-refractivity contribution in [3.8, 4) is 11.3 Å². The van der Waals surface area contributed by atoms with Crippen LogP contribution in [0.3, 0.4) is 0 Å². The molecular formula is C15H16N4OS2. The molecule has 0 aliphatic heterocycles. The number of methoxy groups -OCH3 is 1. The van der Waals surface area contributed by atoms with Gasteiger partial charge in [0.1, 0.15) is 5.82 Å². The molecule has 2 aromatic heterocycles. The average molecular weight is 332 g/mol. The lowest BCUT2D eigenvalue weighted by Gasteiger charge is -2.04. The Bertz CT molecular complexity index is 739. The van der Waals surface area contributed by atoms with E-state index >= 15 is 0 Å². The Morgan fingerprint density at radius 1 is 1.27 bits per heavy atom. The summed E-state index contributed by atoms with van der Waals surface area (Å²) in [5.74, 6) is 0.826. The van der Waals surface area contributed by atoms with Crippen LogP contribution in [0.15, 0.2) is 46.0 Å². The fourth-order valence-electron chi connectivity index (χ4n) is 2.02. The Hall–Kier alpha value is -1.70. The van der Waals surface area contributed by atoms with Crippen molar-refractivity contribution in [3.63, 3.8) is 0 Å². The molecule has 0 bridgehead atoms.